The van der Waals surface area contributed by atoms with Crippen molar-refractivity contribution < 1.29 is 9.53 Å². The maximum Gasteiger partial charge on any atom is 0.228 e. The standard InChI is InChI=1S/C26H33N3O2S/c1-31-23-4-2-21(3-5-23)24-27-22(17-32-24)16-28-6-8-29(9-7-28)25(30)26-13-18-10-19(14-26)12-20(11-18)15-26/h2-5,17-20H,6-16H2,1H3. The van der Waals surface area contributed by atoms with Crippen molar-refractivity contribution in [3.05, 3.63) is 35.3 Å². The van der Waals surface area contributed by atoms with Crippen molar-refractivity contribution in [1.29, 1.82) is 0 Å². The molecule has 2 aromatic rings. The van der Waals surface area contributed by atoms with Gasteiger partial charge in [0, 0.05) is 43.7 Å². The summed E-state index contributed by atoms with van der Waals surface area (Å²) in [5, 5.41) is 3.23. The van der Waals surface area contributed by atoms with Crippen LogP contribution in [0.1, 0.15) is 44.2 Å². The molecule has 4 bridgehead atoms. The molecule has 4 saturated carbocycles. The van der Waals surface area contributed by atoms with Crippen LogP contribution in [0.2, 0.25) is 0 Å². The summed E-state index contributed by atoms with van der Waals surface area (Å²) < 4.78 is 5.25. The molecule has 1 saturated heterocycles. The Balaban J connectivity index is 1.05. The summed E-state index contributed by atoms with van der Waals surface area (Å²) in [4.78, 5) is 23.1. The Bertz CT molecular complexity index is 942. The highest BCUT2D eigenvalue weighted by atomic mass is 32.1. The van der Waals surface area contributed by atoms with Gasteiger partial charge in [0.25, 0.3) is 0 Å². The lowest BCUT2D eigenvalue weighted by Gasteiger charge is -2.57. The molecule has 1 aliphatic heterocycles. The molecule has 0 N–H and O–H groups in total. The first kappa shape index (κ1) is 20.7. The SMILES string of the molecule is COc1ccc(-c2nc(CN3CCN(C(=O)C45CC6CC(CC(C6)C4)C5)CC3)cs2)cc1. The zero-order valence-corrected chi connectivity index (χ0v) is 19.8. The molecule has 0 spiro atoms. The average Bonchev–Trinajstić information content (AvgIpc) is 3.27. The molecule has 32 heavy (non-hydrogen) atoms. The van der Waals surface area contributed by atoms with Crippen LogP contribution in [0.25, 0.3) is 10.6 Å². The molecule has 1 amide bonds. The lowest BCUT2D eigenvalue weighted by Crippen LogP contribution is -2.58. The van der Waals surface area contributed by atoms with E-state index < -0.39 is 0 Å². The zero-order valence-electron chi connectivity index (χ0n) is 19.0. The van der Waals surface area contributed by atoms with Crippen LogP contribution in [-0.2, 0) is 11.3 Å². The van der Waals surface area contributed by atoms with Crippen molar-refractivity contribution in [2.75, 3.05) is 33.3 Å². The highest BCUT2D eigenvalue weighted by Crippen LogP contribution is 2.60. The quantitative estimate of drug-likeness (QED) is 0.662. The largest absolute Gasteiger partial charge is 0.497 e. The van der Waals surface area contributed by atoms with Gasteiger partial charge >= 0.3 is 0 Å². The van der Waals surface area contributed by atoms with Gasteiger partial charge in [-0.25, -0.2) is 4.98 Å². The fourth-order valence-electron chi connectivity index (χ4n) is 7.29. The monoisotopic (exact) mass is 451 g/mol. The van der Waals surface area contributed by atoms with Crippen molar-refractivity contribution >= 4 is 17.2 Å². The summed E-state index contributed by atoms with van der Waals surface area (Å²) in [5.41, 5.74) is 2.26. The Morgan fingerprint density at radius 2 is 1.66 bits per heavy atom. The van der Waals surface area contributed by atoms with Gasteiger partial charge in [0.1, 0.15) is 10.8 Å². The molecule has 170 valence electrons. The average molecular weight is 452 g/mol. The maximum atomic E-state index is 13.6. The van der Waals surface area contributed by atoms with E-state index in [1.807, 2.05) is 12.1 Å². The molecule has 6 heteroatoms. The van der Waals surface area contributed by atoms with E-state index in [0.29, 0.717) is 5.91 Å². The minimum Gasteiger partial charge on any atom is -0.497 e. The molecule has 0 radical (unpaired) electrons. The van der Waals surface area contributed by atoms with Crippen LogP contribution in [0.5, 0.6) is 5.75 Å². The number of hydrogen-bond donors (Lipinski definition) is 0. The van der Waals surface area contributed by atoms with Gasteiger partial charge in [-0.05, 0) is 80.5 Å². The third-order valence-corrected chi connectivity index (χ3v) is 9.37. The van der Waals surface area contributed by atoms with Gasteiger partial charge < -0.3 is 9.64 Å². The van der Waals surface area contributed by atoms with Crippen LogP contribution in [-0.4, -0.2) is 54.0 Å². The number of thiazole rings is 1. The Labute approximate surface area is 194 Å². The minimum atomic E-state index is -0.000893. The highest BCUT2D eigenvalue weighted by molar-refractivity contribution is 7.13. The Hall–Kier alpha value is -1.92. The first-order chi connectivity index (χ1) is 15.6. The molecule has 7 rings (SSSR count). The lowest BCUT2D eigenvalue weighted by atomic mass is 9.49. The normalized spacial score (nSPS) is 31.8. The predicted molar refractivity (Wildman–Crippen MR) is 127 cm³/mol. The van der Waals surface area contributed by atoms with E-state index in [4.69, 9.17) is 9.72 Å². The van der Waals surface area contributed by atoms with Crippen LogP contribution in [0.3, 0.4) is 0 Å². The zero-order chi connectivity index (χ0) is 21.7. The third-order valence-electron chi connectivity index (χ3n) is 8.43. The van der Waals surface area contributed by atoms with Gasteiger partial charge in [0.15, 0.2) is 0 Å². The van der Waals surface area contributed by atoms with Crippen LogP contribution < -0.4 is 4.74 Å². The van der Waals surface area contributed by atoms with Gasteiger partial charge in [0.05, 0.1) is 18.2 Å². The van der Waals surface area contributed by atoms with E-state index in [2.05, 4.69) is 27.3 Å². The second kappa shape index (κ2) is 8.14. The van der Waals surface area contributed by atoms with Crippen molar-refractivity contribution in [3.8, 4) is 16.3 Å². The van der Waals surface area contributed by atoms with Crippen molar-refractivity contribution in [2.45, 2.75) is 45.1 Å². The molecule has 0 unspecified atom stereocenters. The smallest absolute Gasteiger partial charge is 0.228 e. The number of carbonyl (C=O) groups is 1. The van der Waals surface area contributed by atoms with E-state index in [0.717, 1.165) is 72.5 Å². The fraction of sp³-hybridized carbons (Fsp3) is 0.615. The topological polar surface area (TPSA) is 45.7 Å². The number of hydrogen-bond acceptors (Lipinski definition) is 5. The van der Waals surface area contributed by atoms with Gasteiger partial charge in [-0.15, -0.1) is 11.3 Å². The van der Waals surface area contributed by atoms with Gasteiger partial charge in [-0.3, -0.25) is 9.69 Å². The van der Waals surface area contributed by atoms with E-state index in [1.54, 1.807) is 18.4 Å². The first-order valence-electron chi connectivity index (χ1n) is 12.2. The Morgan fingerprint density at radius 3 is 2.25 bits per heavy atom. The molecular weight excluding hydrogens is 418 g/mol. The molecule has 0 atom stereocenters. The summed E-state index contributed by atoms with van der Waals surface area (Å²) in [6, 6.07) is 8.10. The number of rotatable bonds is 5. The first-order valence-corrected chi connectivity index (χ1v) is 13.1. The fourth-order valence-corrected chi connectivity index (χ4v) is 8.11. The van der Waals surface area contributed by atoms with Crippen LogP contribution in [0.4, 0.5) is 0 Å². The number of benzene rings is 1. The second-order valence-electron chi connectivity index (χ2n) is 10.6. The van der Waals surface area contributed by atoms with Crippen LogP contribution in [0, 0.1) is 23.2 Å². The molecular formula is C26H33N3O2S. The van der Waals surface area contributed by atoms with Gasteiger partial charge in [-0.2, -0.15) is 0 Å². The number of piperazine rings is 1. The predicted octanol–water partition coefficient (Wildman–Crippen LogP) is 4.68. The summed E-state index contributed by atoms with van der Waals surface area (Å²) in [6.45, 7) is 4.51. The second-order valence-corrected chi connectivity index (χ2v) is 11.5. The minimum absolute atomic E-state index is 0.000893. The number of ether oxygens (including phenoxy) is 1. The summed E-state index contributed by atoms with van der Waals surface area (Å²) in [7, 11) is 1.69. The highest BCUT2D eigenvalue weighted by Gasteiger charge is 2.55. The molecule has 2 heterocycles. The van der Waals surface area contributed by atoms with E-state index in [9.17, 15) is 4.79 Å². The molecule has 5 fully saturated rings. The molecule has 4 aliphatic carbocycles. The number of aromatic nitrogens is 1. The summed E-state index contributed by atoms with van der Waals surface area (Å²) in [6.07, 6.45) is 7.70. The van der Waals surface area contributed by atoms with Crippen molar-refractivity contribution in [2.24, 2.45) is 23.2 Å². The van der Waals surface area contributed by atoms with Crippen LogP contribution >= 0.6 is 11.3 Å². The van der Waals surface area contributed by atoms with Crippen LogP contribution in [0.15, 0.2) is 29.6 Å². The van der Waals surface area contributed by atoms with E-state index in [1.165, 1.54) is 38.5 Å². The third kappa shape index (κ3) is 3.75. The van der Waals surface area contributed by atoms with Gasteiger partial charge in [-0.1, -0.05) is 0 Å². The van der Waals surface area contributed by atoms with Gasteiger partial charge in [0.2, 0.25) is 5.91 Å². The number of nitrogens with zero attached hydrogens (tertiary/aromatic N) is 3. The van der Waals surface area contributed by atoms with E-state index >= 15 is 0 Å². The van der Waals surface area contributed by atoms with Crippen molar-refractivity contribution in [1.82, 2.24) is 14.8 Å². The molecule has 1 aromatic carbocycles. The maximum absolute atomic E-state index is 13.6. The Kier molecular flexibility index (Phi) is 5.26. The van der Waals surface area contributed by atoms with E-state index in [-0.39, 0.29) is 5.41 Å². The molecule has 5 aliphatic rings. The number of carbonyl (C=O) groups excluding carboxylic acids is 1. The number of amides is 1. The molecule has 5 nitrogen and oxygen atoms in total. The number of methoxy groups -OCH3 is 1. The summed E-state index contributed by atoms with van der Waals surface area (Å²) >= 11 is 1.70. The summed E-state index contributed by atoms with van der Waals surface area (Å²) in [5.74, 6) is 3.85. The Morgan fingerprint density at radius 1 is 1.03 bits per heavy atom. The molecule has 1 aromatic heterocycles. The van der Waals surface area contributed by atoms with Crippen molar-refractivity contribution in [3.63, 3.8) is 0 Å². The lowest BCUT2D eigenvalue weighted by molar-refractivity contribution is -0.159.